The van der Waals surface area contributed by atoms with Crippen LogP contribution in [0.1, 0.15) is 45.7 Å². The number of hydrazone groups is 1. The molecule has 232 valence electrons. The molecule has 0 aromatic heterocycles. The van der Waals surface area contributed by atoms with Gasteiger partial charge in [-0.2, -0.15) is 18.3 Å². The lowest BCUT2D eigenvalue weighted by molar-refractivity contribution is -0.139. The second-order valence-corrected chi connectivity index (χ2v) is 19.3. The van der Waals surface area contributed by atoms with Gasteiger partial charge in [0.15, 0.2) is 5.84 Å². The van der Waals surface area contributed by atoms with Gasteiger partial charge in [-0.1, -0.05) is 33.1 Å². The Kier molecular flexibility index (Phi) is 8.26. The first-order valence-corrected chi connectivity index (χ1v) is 17.7. The number of anilines is 1. The fourth-order valence-electron chi connectivity index (χ4n) is 5.12. The maximum absolute atomic E-state index is 14.3. The summed E-state index contributed by atoms with van der Waals surface area (Å²) in [5, 5.41) is 5.68. The van der Waals surface area contributed by atoms with Crippen molar-refractivity contribution in [2.24, 2.45) is 10.5 Å². The first-order valence-electron chi connectivity index (χ1n) is 14.0. The average molecular weight is 611 g/mol. The molecule has 2 amide bonds. The molecule has 1 saturated heterocycles. The van der Waals surface area contributed by atoms with Crippen molar-refractivity contribution in [1.82, 2.24) is 9.91 Å². The number of carbonyl (C=O) groups excluding carboxylic acids is 2. The molecule has 13 heteroatoms. The van der Waals surface area contributed by atoms with Crippen LogP contribution in [0.15, 0.2) is 23.8 Å². The van der Waals surface area contributed by atoms with Gasteiger partial charge >= 0.3 is 12.3 Å². The van der Waals surface area contributed by atoms with Gasteiger partial charge in [-0.3, -0.25) is 4.79 Å². The number of amides is 2. The van der Waals surface area contributed by atoms with Gasteiger partial charge in [-0.15, -0.1) is 0 Å². The number of rotatable bonds is 7. The summed E-state index contributed by atoms with van der Waals surface area (Å²) in [7, 11) is -1.31. The van der Waals surface area contributed by atoms with E-state index in [1.165, 1.54) is 16.0 Å². The number of hydrogen-bond acceptors (Lipinski definition) is 7. The van der Waals surface area contributed by atoms with Crippen molar-refractivity contribution in [3.63, 3.8) is 0 Å². The molecule has 0 N–H and O–H groups in total. The lowest BCUT2D eigenvalue weighted by Gasteiger charge is -2.49. The van der Waals surface area contributed by atoms with E-state index in [1.807, 2.05) is 0 Å². The molecular formula is C29H41F3N4O5Si. The molecule has 9 nitrogen and oxygen atoms in total. The summed E-state index contributed by atoms with van der Waals surface area (Å²) >= 11 is 0. The number of benzene rings is 1. The highest BCUT2D eigenvalue weighted by Gasteiger charge is 2.48. The van der Waals surface area contributed by atoms with Crippen molar-refractivity contribution >= 4 is 37.2 Å². The van der Waals surface area contributed by atoms with E-state index in [0.717, 1.165) is 12.1 Å². The first-order chi connectivity index (χ1) is 19.2. The van der Waals surface area contributed by atoms with Crippen LogP contribution in [0.2, 0.25) is 25.7 Å². The maximum Gasteiger partial charge on any atom is 0.417 e. The van der Waals surface area contributed by atoms with Crippen molar-refractivity contribution in [2.45, 2.75) is 78.1 Å². The highest BCUT2D eigenvalue weighted by Crippen LogP contribution is 2.49. The number of carbonyl (C=O) groups is 2. The molecule has 0 spiro atoms. The number of fused-ring (bicyclic) bond motifs is 3. The molecule has 0 bridgehead atoms. The Morgan fingerprint density at radius 3 is 2.43 bits per heavy atom. The third-order valence-electron chi connectivity index (χ3n) is 7.53. The second-order valence-electron chi connectivity index (χ2n) is 13.7. The molecule has 0 saturated carbocycles. The highest BCUT2D eigenvalue weighted by molar-refractivity contribution is 6.76. The van der Waals surface area contributed by atoms with E-state index in [2.05, 4.69) is 31.3 Å². The fraction of sp³-hybridized carbons (Fsp3) is 0.621. The van der Waals surface area contributed by atoms with Crippen LogP contribution in [0.4, 0.5) is 23.7 Å². The summed E-state index contributed by atoms with van der Waals surface area (Å²) in [5.41, 5.74) is -1.98. The molecule has 1 unspecified atom stereocenters. The summed E-state index contributed by atoms with van der Waals surface area (Å²) in [6, 6.07) is 2.52. The third-order valence-corrected chi connectivity index (χ3v) is 9.23. The molecule has 4 rings (SSSR count). The van der Waals surface area contributed by atoms with Crippen LogP contribution in [-0.2, 0) is 20.4 Å². The van der Waals surface area contributed by atoms with Gasteiger partial charge in [0.25, 0.3) is 5.91 Å². The van der Waals surface area contributed by atoms with E-state index in [0.29, 0.717) is 18.1 Å². The number of hydrogen-bond donors (Lipinski definition) is 0. The Morgan fingerprint density at radius 2 is 1.86 bits per heavy atom. The molecule has 0 aliphatic carbocycles. The minimum absolute atomic E-state index is 0.00598. The van der Waals surface area contributed by atoms with E-state index in [1.54, 1.807) is 39.5 Å². The SMILES string of the molecule is C=C(c1cc2c(cc1C(F)(F)F)OCC1=NN(COCC[Si](C)(C)C)C(=O)C(C)N12)C1(C)CN(C(=O)OC(C)(C)C)C1. The van der Waals surface area contributed by atoms with E-state index in [9.17, 15) is 22.8 Å². The zero-order valence-electron chi connectivity index (χ0n) is 25.6. The summed E-state index contributed by atoms with van der Waals surface area (Å²) in [6.07, 6.45) is -5.22. The van der Waals surface area contributed by atoms with Crippen LogP contribution in [0.3, 0.4) is 0 Å². The third kappa shape index (κ3) is 6.61. The Balaban J connectivity index is 1.61. The van der Waals surface area contributed by atoms with Gasteiger partial charge in [0.2, 0.25) is 0 Å². The molecule has 3 aliphatic heterocycles. The number of likely N-dealkylation sites (tertiary alicyclic amines) is 1. The molecule has 3 aliphatic rings. The van der Waals surface area contributed by atoms with Crippen molar-refractivity contribution < 1.29 is 37.0 Å². The molecule has 1 atom stereocenters. The monoisotopic (exact) mass is 610 g/mol. The average Bonchev–Trinajstić information content (AvgIpc) is 2.83. The highest BCUT2D eigenvalue weighted by atomic mass is 28.3. The van der Waals surface area contributed by atoms with Crippen molar-refractivity contribution in [3.05, 3.63) is 29.8 Å². The normalized spacial score (nSPS) is 20.3. The quantitative estimate of drug-likeness (QED) is 0.277. The lowest BCUT2D eigenvalue weighted by Crippen LogP contribution is -2.58. The predicted octanol–water partition coefficient (Wildman–Crippen LogP) is 6.03. The zero-order valence-corrected chi connectivity index (χ0v) is 26.6. The van der Waals surface area contributed by atoms with Crippen LogP contribution in [0.25, 0.3) is 5.57 Å². The van der Waals surface area contributed by atoms with E-state index < -0.39 is 43.0 Å². The van der Waals surface area contributed by atoms with Crippen LogP contribution >= 0.6 is 0 Å². The van der Waals surface area contributed by atoms with Gasteiger partial charge < -0.3 is 24.0 Å². The summed E-state index contributed by atoms with van der Waals surface area (Å²) in [4.78, 5) is 28.8. The maximum atomic E-state index is 14.3. The van der Waals surface area contributed by atoms with Gasteiger partial charge in [-0.25, -0.2) is 9.80 Å². The van der Waals surface area contributed by atoms with Gasteiger partial charge in [0.05, 0.1) is 11.3 Å². The summed E-state index contributed by atoms with van der Waals surface area (Å²) in [6.45, 7) is 20.2. The lowest BCUT2D eigenvalue weighted by atomic mass is 9.72. The number of ether oxygens (including phenoxy) is 3. The Bertz CT molecular complexity index is 1300. The van der Waals surface area contributed by atoms with Crippen molar-refractivity contribution in [2.75, 3.05) is 37.9 Å². The minimum atomic E-state index is -4.69. The molecule has 42 heavy (non-hydrogen) atoms. The zero-order chi connectivity index (χ0) is 31.4. The Hall–Kier alpha value is -3.06. The molecule has 1 aromatic rings. The van der Waals surface area contributed by atoms with Crippen LogP contribution in [0, 0.1) is 5.41 Å². The number of nitrogens with zero attached hydrogens (tertiary/aromatic N) is 4. The second kappa shape index (κ2) is 10.9. The standard InChI is InChI=1S/C29H41F3N4O5Si/c1-18(28(6)15-34(16-28)26(38)41-27(3,4)5)20-12-22-23(13-21(20)29(30,31)32)40-14-24-33-35(25(37)19(2)36(22)24)17-39-10-11-42(7,8)9/h12-13,19H,1,10-11,14-17H2,2-9H3. The van der Waals surface area contributed by atoms with Crippen LogP contribution in [0.5, 0.6) is 5.75 Å². The van der Waals surface area contributed by atoms with Crippen molar-refractivity contribution in [1.29, 1.82) is 0 Å². The van der Waals surface area contributed by atoms with E-state index in [4.69, 9.17) is 14.2 Å². The first kappa shape index (κ1) is 31.9. The number of amidine groups is 1. The molecular weight excluding hydrogens is 569 g/mol. The number of halogens is 3. The smallest absolute Gasteiger partial charge is 0.417 e. The topological polar surface area (TPSA) is 83.9 Å². The largest absolute Gasteiger partial charge is 0.483 e. The van der Waals surface area contributed by atoms with Crippen molar-refractivity contribution in [3.8, 4) is 5.75 Å². The fourth-order valence-corrected chi connectivity index (χ4v) is 5.88. The molecule has 1 aromatic carbocycles. The molecule has 3 heterocycles. The van der Waals surface area contributed by atoms with Gasteiger partial charge in [-0.05, 0) is 57.0 Å². The summed E-state index contributed by atoms with van der Waals surface area (Å²) < 4.78 is 59.9. The van der Waals surface area contributed by atoms with E-state index in [-0.39, 0.29) is 49.2 Å². The van der Waals surface area contributed by atoms with E-state index >= 15 is 0 Å². The van der Waals surface area contributed by atoms with Gasteiger partial charge in [0, 0.05) is 33.2 Å². The van der Waals surface area contributed by atoms with Crippen LogP contribution < -0.4 is 9.64 Å². The Labute approximate surface area is 246 Å². The van der Waals surface area contributed by atoms with Crippen LogP contribution in [-0.4, -0.2) is 80.5 Å². The Morgan fingerprint density at radius 1 is 1.21 bits per heavy atom. The molecule has 1 fully saturated rings. The molecule has 0 radical (unpaired) electrons. The predicted molar refractivity (Wildman–Crippen MR) is 157 cm³/mol. The summed E-state index contributed by atoms with van der Waals surface area (Å²) in [5.74, 6) is 0.0657. The number of alkyl halides is 3. The van der Waals surface area contributed by atoms with Gasteiger partial charge in [0.1, 0.15) is 30.7 Å². The minimum Gasteiger partial charge on any atom is -0.483 e.